The van der Waals surface area contributed by atoms with Gasteiger partial charge in [-0.15, -0.1) is 0 Å². The molecule has 1 heterocycles. The molecule has 1 amide bonds. The molecule has 1 aliphatic heterocycles. The number of hydrogen-bond donors (Lipinski definition) is 1. The van der Waals surface area contributed by atoms with Crippen LogP contribution in [-0.4, -0.2) is 52.2 Å². The molecule has 116 valence electrons. The maximum atomic E-state index is 12.1. The van der Waals surface area contributed by atoms with Crippen LogP contribution in [0.15, 0.2) is 23.1 Å². The number of likely N-dealkylation sites (tertiary alicyclic amines) is 1. The summed E-state index contributed by atoms with van der Waals surface area (Å²) in [6, 6.07) is 4.84. The first-order chi connectivity index (χ1) is 9.80. The summed E-state index contributed by atoms with van der Waals surface area (Å²) >= 11 is 0. The number of para-hydroxylation sites is 1. The number of rotatable bonds is 4. The number of benzene rings is 1. The first kappa shape index (κ1) is 15.6. The van der Waals surface area contributed by atoms with E-state index >= 15 is 0 Å². The monoisotopic (exact) mass is 311 g/mol. The number of nitrogens with two attached hydrogens (primary N) is 1. The molecule has 21 heavy (non-hydrogen) atoms. The van der Waals surface area contributed by atoms with Crippen LogP contribution >= 0.6 is 0 Å². The highest BCUT2D eigenvalue weighted by Gasteiger charge is 2.21. The Balaban J connectivity index is 2.19. The Morgan fingerprint density at radius 3 is 2.52 bits per heavy atom. The van der Waals surface area contributed by atoms with E-state index in [0.29, 0.717) is 5.69 Å². The second-order valence-electron chi connectivity index (χ2n) is 5.41. The number of nitrogens with zero attached hydrogens (tertiary/aromatic N) is 2. The molecule has 2 rings (SSSR count). The molecular weight excluding hydrogens is 290 g/mol. The number of hydrogen-bond acceptors (Lipinski definition) is 5. The van der Waals surface area contributed by atoms with Gasteiger partial charge in [0, 0.05) is 26.4 Å². The van der Waals surface area contributed by atoms with Crippen LogP contribution < -0.4 is 10.6 Å². The van der Waals surface area contributed by atoms with Gasteiger partial charge in [0.2, 0.25) is 5.91 Å². The van der Waals surface area contributed by atoms with Crippen molar-refractivity contribution in [2.24, 2.45) is 0 Å². The predicted octanol–water partition coefficient (Wildman–Crippen LogP) is 0.731. The van der Waals surface area contributed by atoms with Crippen molar-refractivity contribution in [3.63, 3.8) is 0 Å². The van der Waals surface area contributed by atoms with Crippen LogP contribution in [0, 0.1) is 0 Å². The van der Waals surface area contributed by atoms with Gasteiger partial charge in [0.1, 0.15) is 0 Å². The fraction of sp³-hybridized carbons (Fsp3) is 0.500. The largest absolute Gasteiger partial charge is 0.396 e. The van der Waals surface area contributed by atoms with Crippen LogP contribution in [0.2, 0.25) is 0 Å². The molecule has 0 radical (unpaired) electrons. The molecule has 0 unspecified atom stereocenters. The summed E-state index contributed by atoms with van der Waals surface area (Å²) in [5.41, 5.74) is 6.71. The zero-order valence-electron chi connectivity index (χ0n) is 12.4. The van der Waals surface area contributed by atoms with Gasteiger partial charge in [0.25, 0.3) is 0 Å². The van der Waals surface area contributed by atoms with Crippen LogP contribution in [0.25, 0.3) is 0 Å². The minimum Gasteiger partial charge on any atom is -0.396 e. The number of likely N-dealkylation sites (N-methyl/N-ethyl adjacent to an activating group) is 1. The summed E-state index contributed by atoms with van der Waals surface area (Å²) in [6.45, 7) is 1.79. The maximum absolute atomic E-state index is 12.1. The highest BCUT2D eigenvalue weighted by Crippen LogP contribution is 2.29. The topological polar surface area (TPSA) is 83.7 Å². The average Bonchev–Trinajstić information content (AvgIpc) is 2.91. The average molecular weight is 311 g/mol. The lowest BCUT2D eigenvalue weighted by molar-refractivity contribution is -0.128. The Labute approximate surface area is 125 Å². The quantitative estimate of drug-likeness (QED) is 0.829. The van der Waals surface area contributed by atoms with E-state index in [1.54, 1.807) is 24.1 Å². The van der Waals surface area contributed by atoms with Gasteiger partial charge < -0.3 is 15.5 Å². The predicted molar refractivity (Wildman–Crippen MR) is 83.0 cm³/mol. The van der Waals surface area contributed by atoms with E-state index in [1.807, 2.05) is 4.90 Å². The van der Waals surface area contributed by atoms with E-state index in [0.717, 1.165) is 32.2 Å². The number of amides is 1. The minimum absolute atomic E-state index is 0.0409. The van der Waals surface area contributed by atoms with Gasteiger partial charge in [-0.3, -0.25) is 4.79 Å². The van der Waals surface area contributed by atoms with Gasteiger partial charge in [-0.2, -0.15) is 0 Å². The number of anilines is 2. The minimum atomic E-state index is -3.38. The van der Waals surface area contributed by atoms with Gasteiger partial charge >= 0.3 is 0 Å². The summed E-state index contributed by atoms with van der Waals surface area (Å²) in [7, 11) is -1.64. The van der Waals surface area contributed by atoms with Crippen molar-refractivity contribution in [1.82, 2.24) is 4.90 Å². The number of sulfone groups is 1. The van der Waals surface area contributed by atoms with Crippen LogP contribution in [0.4, 0.5) is 11.4 Å². The fourth-order valence-corrected chi connectivity index (χ4v) is 3.37. The second-order valence-corrected chi connectivity index (χ2v) is 7.39. The van der Waals surface area contributed by atoms with Crippen molar-refractivity contribution in [3.8, 4) is 0 Å². The molecule has 1 aliphatic rings. The SMILES string of the molecule is CN(CC(=O)N1CCCC1)c1cccc(S(C)(=O)=O)c1N. The summed E-state index contributed by atoms with van der Waals surface area (Å²) < 4.78 is 23.4. The standard InChI is InChI=1S/C14H21N3O3S/c1-16(10-13(18)17-8-3-4-9-17)11-6-5-7-12(14(11)15)21(2,19)20/h5-7H,3-4,8-10,15H2,1-2H3. The maximum Gasteiger partial charge on any atom is 0.242 e. The Morgan fingerprint density at radius 2 is 1.95 bits per heavy atom. The fourth-order valence-electron chi connectivity index (χ4n) is 2.54. The zero-order chi connectivity index (χ0) is 15.6. The van der Waals surface area contributed by atoms with Crippen molar-refractivity contribution in [3.05, 3.63) is 18.2 Å². The van der Waals surface area contributed by atoms with Crippen LogP contribution in [-0.2, 0) is 14.6 Å². The molecule has 1 saturated heterocycles. The molecule has 7 heteroatoms. The smallest absolute Gasteiger partial charge is 0.242 e. The Hall–Kier alpha value is -1.76. The summed E-state index contributed by atoms with van der Waals surface area (Å²) in [5, 5.41) is 0. The van der Waals surface area contributed by atoms with E-state index in [1.165, 1.54) is 6.07 Å². The Kier molecular flexibility index (Phi) is 4.41. The first-order valence-corrected chi connectivity index (χ1v) is 8.77. The third kappa shape index (κ3) is 3.47. The van der Waals surface area contributed by atoms with Crippen molar-refractivity contribution >= 4 is 27.1 Å². The van der Waals surface area contributed by atoms with Crippen molar-refractivity contribution in [2.75, 3.05) is 43.6 Å². The van der Waals surface area contributed by atoms with Crippen LogP contribution in [0.3, 0.4) is 0 Å². The highest BCUT2D eigenvalue weighted by atomic mass is 32.2. The molecule has 0 aliphatic carbocycles. The molecule has 0 spiro atoms. The van der Waals surface area contributed by atoms with Crippen molar-refractivity contribution in [1.29, 1.82) is 0 Å². The van der Waals surface area contributed by atoms with E-state index in [-0.39, 0.29) is 23.0 Å². The molecule has 2 N–H and O–H groups in total. The molecule has 1 aromatic rings. The number of carbonyl (C=O) groups is 1. The lowest BCUT2D eigenvalue weighted by Gasteiger charge is -2.24. The van der Waals surface area contributed by atoms with Gasteiger partial charge in [-0.05, 0) is 25.0 Å². The summed E-state index contributed by atoms with van der Waals surface area (Å²) in [5.74, 6) is 0.0409. The number of carbonyl (C=O) groups excluding carboxylic acids is 1. The van der Waals surface area contributed by atoms with Gasteiger partial charge in [0.15, 0.2) is 9.84 Å². The third-order valence-electron chi connectivity index (χ3n) is 3.69. The number of nitrogen functional groups attached to an aromatic ring is 1. The van der Waals surface area contributed by atoms with E-state index in [2.05, 4.69) is 0 Å². The van der Waals surface area contributed by atoms with Crippen LogP contribution in [0.5, 0.6) is 0 Å². The zero-order valence-corrected chi connectivity index (χ0v) is 13.2. The lowest BCUT2D eigenvalue weighted by Crippen LogP contribution is -2.37. The van der Waals surface area contributed by atoms with Gasteiger partial charge in [0.05, 0.1) is 22.8 Å². The normalized spacial score (nSPS) is 15.2. The second kappa shape index (κ2) is 5.93. The Bertz CT molecular complexity index is 637. The van der Waals surface area contributed by atoms with E-state index < -0.39 is 9.84 Å². The highest BCUT2D eigenvalue weighted by molar-refractivity contribution is 7.90. The molecular formula is C14H21N3O3S. The van der Waals surface area contributed by atoms with Crippen molar-refractivity contribution in [2.45, 2.75) is 17.7 Å². The molecule has 0 aromatic heterocycles. The first-order valence-electron chi connectivity index (χ1n) is 6.88. The van der Waals surface area contributed by atoms with Gasteiger partial charge in [-0.1, -0.05) is 6.07 Å². The molecule has 1 fully saturated rings. The van der Waals surface area contributed by atoms with Gasteiger partial charge in [-0.25, -0.2) is 8.42 Å². The Morgan fingerprint density at radius 1 is 1.33 bits per heavy atom. The summed E-state index contributed by atoms with van der Waals surface area (Å²) in [6.07, 6.45) is 3.21. The van der Waals surface area contributed by atoms with Crippen molar-refractivity contribution < 1.29 is 13.2 Å². The molecule has 0 bridgehead atoms. The lowest BCUT2D eigenvalue weighted by atomic mass is 10.2. The molecule has 6 nitrogen and oxygen atoms in total. The third-order valence-corrected chi connectivity index (χ3v) is 4.84. The molecule has 1 aromatic carbocycles. The molecule has 0 saturated carbocycles. The van der Waals surface area contributed by atoms with E-state index in [4.69, 9.17) is 5.73 Å². The molecule has 0 atom stereocenters. The van der Waals surface area contributed by atoms with E-state index in [9.17, 15) is 13.2 Å². The van der Waals surface area contributed by atoms with Crippen LogP contribution in [0.1, 0.15) is 12.8 Å². The summed E-state index contributed by atoms with van der Waals surface area (Å²) in [4.78, 5) is 15.8.